The Morgan fingerprint density at radius 1 is 1.80 bits per heavy atom. The predicted octanol–water partition coefficient (Wildman–Crippen LogP) is 0.521. The minimum atomic E-state index is -0.545. The van der Waals surface area contributed by atoms with Crippen LogP contribution < -0.4 is 0 Å². The minimum Gasteiger partial charge on any atom is -0.327 e. The van der Waals surface area contributed by atoms with Gasteiger partial charge in [0.15, 0.2) is 0 Å². The monoisotopic (exact) mass is 138 g/mol. The highest BCUT2D eigenvalue weighted by molar-refractivity contribution is 5.80. The van der Waals surface area contributed by atoms with Gasteiger partial charge in [0.05, 0.1) is 6.07 Å². The van der Waals surface area contributed by atoms with E-state index in [-0.39, 0.29) is 5.91 Å². The Morgan fingerprint density at radius 2 is 2.40 bits per heavy atom. The predicted molar refractivity (Wildman–Crippen MR) is 36.0 cm³/mol. The molecule has 0 radical (unpaired) electrons. The first-order valence-corrected chi connectivity index (χ1v) is 3.28. The summed E-state index contributed by atoms with van der Waals surface area (Å²) < 4.78 is 0. The second kappa shape index (κ2) is 1.98. The van der Waals surface area contributed by atoms with E-state index in [4.69, 9.17) is 5.26 Å². The fourth-order valence-electron chi connectivity index (χ4n) is 1.09. The van der Waals surface area contributed by atoms with E-state index in [0.29, 0.717) is 12.8 Å². The van der Waals surface area contributed by atoms with Gasteiger partial charge >= 0.3 is 0 Å². The largest absolute Gasteiger partial charge is 0.327 e. The molecule has 1 aliphatic rings. The summed E-state index contributed by atoms with van der Waals surface area (Å²) in [6.45, 7) is 1.79. The zero-order valence-electron chi connectivity index (χ0n) is 6.22. The Hall–Kier alpha value is -1.04. The van der Waals surface area contributed by atoms with Crippen LogP contribution >= 0.6 is 0 Å². The highest BCUT2D eigenvalue weighted by atomic mass is 16.2. The average Bonchev–Trinajstić information content (AvgIpc) is 2.19. The number of nitrogens with zero attached hydrogens (tertiary/aromatic N) is 2. The van der Waals surface area contributed by atoms with Gasteiger partial charge in [0.2, 0.25) is 5.91 Å². The van der Waals surface area contributed by atoms with Crippen molar-refractivity contribution >= 4 is 5.91 Å². The van der Waals surface area contributed by atoms with Gasteiger partial charge in [-0.1, -0.05) is 0 Å². The number of carbonyl (C=O) groups excluding carboxylic acids is 1. The van der Waals surface area contributed by atoms with Crippen molar-refractivity contribution in [1.29, 1.82) is 5.26 Å². The van der Waals surface area contributed by atoms with Crippen molar-refractivity contribution in [2.45, 2.75) is 25.3 Å². The van der Waals surface area contributed by atoms with Gasteiger partial charge in [-0.3, -0.25) is 4.79 Å². The number of hydrogen-bond acceptors (Lipinski definition) is 2. The van der Waals surface area contributed by atoms with Crippen molar-refractivity contribution < 1.29 is 4.79 Å². The maximum absolute atomic E-state index is 10.9. The number of amides is 1. The highest BCUT2D eigenvalue weighted by Gasteiger charge is 2.38. The van der Waals surface area contributed by atoms with Gasteiger partial charge < -0.3 is 4.90 Å². The summed E-state index contributed by atoms with van der Waals surface area (Å²) in [6.07, 6.45) is 1.18. The molecule has 0 bridgehead atoms. The summed E-state index contributed by atoms with van der Waals surface area (Å²) in [7, 11) is 1.68. The molecule has 1 fully saturated rings. The second-order valence-electron chi connectivity index (χ2n) is 2.84. The smallest absolute Gasteiger partial charge is 0.223 e. The Labute approximate surface area is 60.2 Å². The molecule has 0 aromatic carbocycles. The molecule has 3 heteroatoms. The van der Waals surface area contributed by atoms with Crippen molar-refractivity contribution in [3.05, 3.63) is 0 Å². The number of likely N-dealkylation sites (tertiary alicyclic amines) is 1. The number of rotatable bonds is 0. The van der Waals surface area contributed by atoms with Crippen LogP contribution in [0, 0.1) is 11.3 Å². The first-order chi connectivity index (χ1) is 4.60. The molecule has 54 valence electrons. The molecule has 1 heterocycles. The van der Waals surface area contributed by atoms with Crippen LogP contribution in [0.2, 0.25) is 0 Å². The number of hydrogen-bond donors (Lipinski definition) is 0. The first kappa shape index (κ1) is 7.07. The molecule has 0 aromatic rings. The van der Waals surface area contributed by atoms with Gasteiger partial charge in [-0.2, -0.15) is 5.26 Å². The topological polar surface area (TPSA) is 44.1 Å². The molecule has 1 amide bonds. The van der Waals surface area contributed by atoms with E-state index in [1.54, 1.807) is 14.0 Å². The molecule has 0 spiro atoms. The Balaban J connectivity index is 2.86. The van der Waals surface area contributed by atoms with Gasteiger partial charge in [0, 0.05) is 13.5 Å². The van der Waals surface area contributed by atoms with Crippen molar-refractivity contribution in [2.75, 3.05) is 7.05 Å². The molecule has 1 atom stereocenters. The lowest BCUT2D eigenvalue weighted by molar-refractivity contribution is -0.128. The molecule has 0 saturated carbocycles. The van der Waals surface area contributed by atoms with Gasteiger partial charge in [-0.25, -0.2) is 0 Å². The van der Waals surface area contributed by atoms with Crippen molar-refractivity contribution in [2.24, 2.45) is 0 Å². The molecule has 0 aliphatic carbocycles. The normalized spacial score (nSPS) is 32.5. The number of carbonyl (C=O) groups is 1. The molecule has 1 aliphatic heterocycles. The maximum Gasteiger partial charge on any atom is 0.223 e. The summed E-state index contributed by atoms with van der Waals surface area (Å²) in [5, 5.41) is 8.67. The summed E-state index contributed by atoms with van der Waals surface area (Å²) in [6, 6.07) is 2.13. The second-order valence-corrected chi connectivity index (χ2v) is 2.84. The van der Waals surface area contributed by atoms with Crippen LogP contribution in [0.5, 0.6) is 0 Å². The molecule has 3 nitrogen and oxygen atoms in total. The average molecular weight is 138 g/mol. The van der Waals surface area contributed by atoms with E-state index >= 15 is 0 Å². The van der Waals surface area contributed by atoms with E-state index in [1.807, 2.05) is 0 Å². The van der Waals surface area contributed by atoms with Crippen LogP contribution in [-0.2, 0) is 4.79 Å². The fraction of sp³-hybridized carbons (Fsp3) is 0.714. The van der Waals surface area contributed by atoms with E-state index in [2.05, 4.69) is 6.07 Å². The van der Waals surface area contributed by atoms with Crippen LogP contribution in [0.4, 0.5) is 0 Å². The van der Waals surface area contributed by atoms with Crippen LogP contribution in [0.3, 0.4) is 0 Å². The number of nitriles is 1. The van der Waals surface area contributed by atoms with E-state index in [0.717, 1.165) is 0 Å². The molecule has 0 N–H and O–H groups in total. The molecule has 1 unspecified atom stereocenters. The lowest BCUT2D eigenvalue weighted by atomic mass is 10.0. The molecular weight excluding hydrogens is 128 g/mol. The highest BCUT2D eigenvalue weighted by Crippen LogP contribution is 2.26. The quantitative estimate of drug-likeness (QED) is 0.490. The standard InChI is InChI=1S/C7H10N2O/c1-7(5-8)4-3-6(10)9(7)2/h3-4H2,1-2H3. The van der Waals surface area contributed by atoms with Crippen molar-refractivity contribution in [3.63, 3.8) is 0 Å². The maximum atomic E-state index is 10.9. The molecule has 1 saturated heterocycles. The van der Waals surface area contributed by atoms with E-state index in [1.165, 1.54) is 4.90 Å². The zero-order valence-corrected chi connectivity index (χ0v) is 6.22. The third-order valence-corrected chi connectivity index (χ3v) is 2.18. The SMILES string of the molecule is CN1C(=O)CCC1(C)C#N. The van der Waals surface area contributed by atoms with Gasteiger partial charge in [0.1, 0.15) is 5.54 Å². The molecule has 10 heavy (non-hydrogen) atoms. The molecular formula is C7H10N2O. The third kappa shape index (κ3) is 0.766. The van der Waals surface area contributed by atoms with Crippen molar-refractivity contribution in [1.82, 2.24) is 4.90 Å². The third-order valence-electron chi connectivity index (χ3n) is 2.18. The van der Waals surface area contributed by atoms with Gasteiger partial charge in [-0.05, 0) is 13.3 Å². The molecule has 0 aromatic heterocycles. The molecule has 1 rings (SSSR count). The van der Waals surface area contributed by atoms with Gasteiger partial charge in [-0.15, -0.1) is 0 Å². The zero-order chi connectivity index (χ0) is 7.78. The van der Waals surface area contributed by atoms with Gasteiger partial charge in [0.25, 0.3) is 0 Å². The fourth-order valence-corrected chi connectivity index (χ4v) is 1.09. The van der Waals surface area contributed by atoms with Crippen molar-refractivity contribution in [3.8, 4) is 6.07 Å². The lowest BCUT2D eigenvalue weighted by Gasteiger charge is -2.23. The Morgan fingerprint density at radius 3 is 2.60 bits per heavy atom. The Bertz CT molecular complexity index is 206. The van der Waals surface area contributed by atoms with Crippen LogP contribution in [-0.4, -0.2) is 23.4 Å². The van der Waals surface area contributed by atoms with Crippen LogP contribution in [0.1, 0.15) is 19.8 Å². The Kier molecular flexibility index (Phi) is 1.40. The van der Waals surface area contributed by atoms with Crippen LogP contribution in [0.15, 0.2) is 0 Å². The van der Waals surface area contributed by atoms with E-state index < -0.39 is 5.54 Å². The summed E-state index contributed by atoms with van der Waals surface area (Å²) in [4.78, 5) is 12.4. The van der Waals surface area contributed by atoms with E-state index in [9.17, 15) is 4.79 Å². The summed E-state index contributed by atoms with van der Waals surface area (Å²) >= 11 is 0. The summed E-state index contributed by atoms with van der Waals surface area (Å²) in [5.74, 6) is 0.0732. The summed E-state index contributed by atoms with van der Waals surface area (Å²) in [5.41, 5.74) is -0.545. The minimum absolute atomic E-state index is 0.0732. The van der Waals surface area contributed by atoms with Crippen LogP contribution in [0.25, 0.3) is 0 Å². The lowest BCUT2D eigenvalue weighted by Crippen LogP contribution is -2.38. The first-order valence-electron chi connectivity index (χ1n) is 3.28.